The lowest BCUT2D eigenvalue weighted by molar-refractivity contribution is 0.380. The van der Waals surface area contributed by atoms with E-state index in [0.717, 1.165) is 13.0 Å². The minimum Gasteiger partial charge on any atom is -0.467 e. The molecule has 0 bridgehead atoms. The molecule has 1 atom stereocenters. The summed E-state index contributed by atoms with van der Waals surface area (Å²) in [6.07, 6.45) is 2.65. The van der Waals surface area contributed by atoms with Gasteiger partial charge < -0.3 is 10.1 Å². The van der Waals surface area contributed by atoms with Gasteiger partial charge in [-0.1, -0.05) is 31.9 Å². The summed E-state index contributed by atoms with van der Waals surface area (Å²) in [6.45, 7) is 5.16. The number of ether oxygens (including phenoxy) is 1. The smallest absolute Gasteiger partial charge is 0.318 e. The number of hydrogen-bond acceptors (Lipinski definition) is 4. The predicted molar refractivity (Wildman–Crippen MR) is 61.5 cm³/mol. The highest BCUT2D eigenvalue weighted by molar-refractivity contribution is 6.32. The van der Waals surface area contributed by atoms with Crippen LogP contribution in [0.25, 0.3) is 0 Å². The first-order chi connectivity index (χ1) is 7.17. The van der Waals surface area contributed by atoms with Gasteiger partial charge in [0.25, 0.3) is 0 Å². The van der Waals surface area contributed by atoms with E-state index < -0.39 is 0 Å². The minimum absolute atomic E-state index is 0.325. The Balaban J connectivity index is 2.66. The van der Waals surface area contributed by atoms with Crippen molar-refractivity contribution in [2.45, 2.75) is 20.3 Å². The molecule has 0 spiro atoms. The first-order valence-electron chi connectivity index (χ1n) is 4.97. The zero-order chi connectivity index (χ0) is 11.3. The number of rotatable bonds is 5. The second kappa shape index (κ2) is 5.75. The van der Waals surface area contributed by atoms with Gasteiger partial charge in [0.05, 0.1) is 13.3 Å². The van der Waals surface area contributed by atoms with E-state index >= 15 is 0 Å². The van der Waals surface area contributed by atoms with Gasteiger partial charge in [0, 0.05) is 6.54 Å². The molecular weight excluding hydrogens is 214 g/mol. The van der Waals surface area contributed by atoms with Crippen molar-refractivity contribution in [2.75, 3.05) is 19.0 Å². The average molecular weight is 230 g/mol. The molecule has 0 amide bonds. The molecule has 1 unspecified atom stereocenters. The lowest BCUT2D eigenvalue weighted by Gasteiger charge is -2.11. The third kappa shape index (κ3) is 3.55. The van der Waals surface area contributed by atoms with Crippen LogP contribution >= 0.6 is 11.6 Å². The lowest BCUT2D eigenvalue weighted by Crippen LogP contribution is -2.12. The van der Waals surface area contributed by atoms with Gasteiger partial charge in [-0.05, 0) is 5.92 Å². The number of aromatic nitrogens is 2. The van der Waals surface area contributed by atoms with E-state index in [4.69, 9.17) is 16.3 Å². The molecule has 1 rings (SSSR count). The SMILES string of the molecule is CCC(C)CNc1nc(OC)ncc1Cl. The van der Waals surface area contributed by atoms with Crippen LogP contribution in [0.2, 0.25) is 5.02 Å². The Morgan fingerprint density at radius 1 is 1.60 bits per heavy atom. The number of halogens is 1. The largest absolute Gasteiger partial charge is 0.467 e. The van der Waals surface area contributed by atoms with Gasteiger partial charge in [0.1, 0.15) is 5.02 Å². The monoisotopic (exact) mass is 229 g/mol. The zero-order valence-corrected chi connectivity index (χ0v) is 10.0. The van der Waals surface area contributed by atoms with E-state index in [9.17, 15) is 0 Å². The number of hydrogen-bond donors (Lipinski definition) is 1. The van der Waals surface area contributed by atoms with Gasteiger partial charge in [-0.3, -0.25) is 0 Å². The molecule has 5 heteroatoms. The highest BCUT2D eigenvalue weighted by Gasteiger charge is 2.06. The fraction of sp³-hybridized carbons (Fsp3) is 0.600. The Morgan fingerprint density at radius 2 is 2.33 bits per heavy atom. The molecule has 0 aliphatic heterocycles. The molecule has 1 aromatic heterocycles. The fourth-order valence-corrected chi connectivity index (χ4v) is 1.15. The van der Waals surface area contributed by atoms with E-state index in [1.807, 2.05) is 0 Å². The maximum absolute atomic E-state index is 5.94. The molecule has 1 aromatic rings. The van der Waals surface area contributed by atoms with Crippen molar-refractivity contribution < 1.29 is 4.74 Å². The van der Waals surface area contributed by atoms with Gasteiger partial charge in [0.15, 0.2) is 5.82 Å². The van der Waals surface area contributed by atoms with Crippen molar-refractivity contribution in [3.63, 3.8) is 0 Å². The van der Waals surface area contributed by atoms with Crippen molar-refractivity contribution in [3.8, 4) is 6.01 Å². The van der Waals surface area contributed by atoms with E-state index in [0.29, 0.717) is 22.8 Å². The van der Waals surface area contributed by atoms with Crippen LogP contribution in [0.4, 0.5) is 5.82 Å². The molecule has 0 fully saturated rings. The normalized spacial score (nSPS) is 12.3. The summed E-state index contributed by atoms with van der Waals surface area (Å²) < 4.78 is 4.92. The van der Waals surface area contributed by atoms with E-state index in [2.05, 4.69) is 29.1 Å². The summed E-state index contributed by atoms with van der Waals surface area (Å²) in [4.78, 5) is 8.02. The highest BCUT2D eigenvalue weighted by atomic mass is 35.5. The van der Waals surface area contributed by atoms with Crippen molar-refractivity contribution in [3.05, 3.63) is 11.2 Å². The molecule has 1 N–H and O–H groups in total. The van der Waals surface area contributed by atoms with Crippen LogP contribution in [-0.2, 0) is 0 Å². The molecule has 0 saturated carbocycles. The van der Waals surface area contributed by atoms with Crippen LogP contribution in [0.3, 0.4) is 0 Å². The van der Waals surface area contributed by atoms with Crippen molar-refractivity contribution >= 4 is 17.4 Å². The minimum atomic E-state index is 0.325. The number of nitrogens with zero attached hydrogens (tertiary/aromatic N) is 2. The molecular formula is C10H16ClN3O. The van der Waals surface area contributed by atoms with Crippen molar-refractivity contribution in [2.24, 2.45) is 5.92 Å². The lowest BCUT2D eigenvalue weighted by atomic mass is 10.1. The van der Waals surface area contributed by atoms with E-state index in [-0.39, 0.29) is 0 Å². The standard InChI is InChI=1S/C10H16ClN3O/c1-4-7(2)5-12-9-8(11)6-13-10(14-9)15-3/h6-7H,4-5H2,1-3H3,(H,12,13,14). The Hall–Kier alpha value is -1.03. The van der Waals surface area contributed by atoms with E-state index in [1.54, 1.807) is 0 Å². The van der Waals surface area contributed by atoms with Crippen LogP contribution in [0, 0.1) is 5.92 Å². The van der Waals surface area contributed by atoms with Gasteiger partial charge in [-0.15, -0.1) is 0 Å². The maximum atomic E-state index is 5.94. The Kier molecular flexibility index (Phi) is 4.62. The molecule has 4 nitrogen and oxygen atoms in total. The maximum Gasteiger partial charge on any atom is 0.318 e. The summed E-state index contributed by atoms with van der Waals surface area (Å²) in [5, 5.41) is 3.69. The summed E-state index contributed by atoms with van der Waals surface area (Å²) in [5.74, 6) is 1.21. The van der Waals surface area contributed by atoms with E-state index in [1.165, 1.54) is 13.3 Å². The second-order valence-corrected chi connectivity index (χ2v) is 3.85. The molecule has 0 radical (unpaired) electrons. The average Bonchev–Trinajstić information content (AvgIpc) is 2.27. The zero-order valence-electron chi connectivity index (χ0n) is 9.25. The van der Waals surface area contributed by atoms with Gasteiger partial charge in [0.2, 0.25) is 0 Å². The first-order valence-corrected chi connectivity index (χ1v) is 5.35. The Morgan fingerprint density at radius 3 is 2.93 bits per heavy atom. The molecule has 0 aromatic carbocycles. The fourth-order valence-electron chi connectivity index (χ4n) is 0.989. The van der Waals surface area contributed by atoms with Crippen molar-refractivity contribution in [1.29, 1.82) is 0 Å². The second-order valence-electron chi connectivity index (χ2n) is 3.45. The molecule has 0 saturated heterocycles. The summed E-state index contributed by atoms with van der Waals surface area (Å²) in [7, 11) is 1.53. The molecule has 84 valence electrons. The van der Waals surface area contributed by atoms with Crippen LogP contribution < -0.4 is 10.1 Å². The van der Waals surface area contributed by atoms with Crippen LogP contribution in [-0.4, -0.2) is 23.6 Å². The van der Waals surface area contributed by atoms with Gasteiger partial charge >= 0.3 is 6.01 Å². The molecule has 1 heterocycles. The molecule has 0 aliphatic rings. The summed E-state index contributed by atoms with van der Waals surface area (Å²) >= 11 is 5.94. The Labute approximate surface area is 95.0 Å². The number of nitrogens with one attached hydrogen (secondary N) is 1. The van der Waals surface area contributed by atoms with Crippen LogP contribution in [0.1, 0.15) is 20.3 Å². The predicted octanol–water partition coefficient (Wildman–Crippen LogP) is 2.60. The molecule has 0 aliphatic carbocycles. The third-order valence-corrected chi connectivity index (χ3v) is 2.50. The van der Waals surface area contributed by atoms with Gasteiger partial charge in [-0.2, -0.15) is 4.98 Å². The number of methoxy groups -OCH3 is 1. The van der Waals surface area contributed by atoms with Crippen LogP contribution in [0.5, 0.6) is 6.01 Å². The molecule has 15 heavy (non-hydrogen) atoms. The number of anilines is 1. The van der Waals surface area contributed by atoms with Gasteiger partial charge in [-0.25, -0.2) is 4.98 Å². The topological polar surface area (TPSA) is 47.0 Å². The Bertz CT molecular complexity index is 320. The quantitative estimate of drug-likeness (QED) is 0.843. The highest BCUT2D eigenvalue weighted by Crippen LogP contribution is 2.20. The van der Waals surface area contributed by atoms with Crippen LogP contribution in [0.15, 0.2) is 6.20 Å². The first kappa shape index (κ1) is 12.0. The summed E-state index contributed by atoms with van der Waals surface area (Å²) in [5.41, 5.74) is 0. The summed E-state index contributed by atoms with van der Waals surface area (Å²) in [6, 6.07) is 0.325. The van der Waals surface area contributed by atoms with Crippen molar-refractivity contribution in [1.82, 2.24) is 9.97 Å². The third-order valence-electron chi connectivity index (χ3n) is 2.22.